The SMILES string of the molecule is C=S(=O)=O.Oc1ccc(O)cc1. The van der Waals surface area contributed by atoms with Crippen LogP contribution in [0, 0.1) is 0 Å². The van der Waals surface area contributed by atoms with Crippen LogP contribution in [0.3, 0.4) is 0 Å². The van der Waals surface area contributed by atoms with Crippen LogP contribution in [0.2, 0.25) is 0 Å². The Morgan fingerprint density at radius 3 is 1.33 bits per heavy atom. The summed E-state index contributed by atoms with van der Waals surface area (Å²) in [5, 5.41) is 17.3. The van der Waals surface area contributed by atoms with Gasteiger partial charge in [-0.3, -0.25) is 0 Å². The number of aromatic hydroxyl groups is 2. The summed E-state index contributed by atoms with van der Waals surface area (Å²) in [6, 6.07) is 5.70. The lowest BCUT2D eigenvalue weighted by atomic mass is 10.3. The molecule has 0 heterocycles. The van der Waals surface area contributed by atoms with Crippen molar-refractivity contribution in [2.45, 2.75) is 0 Å². The lowest BCUT2D eigenvalue weighted by molar-refractivity contribution is 0.460. The summed E-state index contributed by atoms with van der Waals surface area (Å²) in [4.78, 5) is 0. The molecule has 0 atom stereocenters. The molecular formula is C7H8O4S. The van der Waals surface area contributed by atoms with Crippen LogP contribution < -0.4 is 0 Å². The van der Waals surface area contributed by atoms with Gasteiger partial charge in [-0.1, -0.05) is 0 Å². The zero-order valence-corrected chi connectivity index (χ0v) is 6.95. The second-order valence-corrected chi connectivity index (χ2v) is 2.43. The third-order valence-electron chi connectivity index (χ3n) is 0.850. The van der Waals surface area contributed by atoms with Gasteiger partial charge in [-0.2, -0.15) is 8.42 Å². The van der Waals surface area contributed by atoms with E-state index in [1.165, 1.54) is 24.3 Å². The molecule has 0 aliphatic rings. The van der Waals surface area contributed by atoms with Crippen LogP contribution in [0.5, 0.6) is 11.5 Å². The van der Waals surface area contributed by atoms with Crippen LogP contribution in [-0.4, -0.2) is 24.5 Å². The summed E-state index contributed by atoms with van der Waals surface area (Å²) < 4.78 is 17.8. The first-order valence-corrected chi connectivity index (χ1v) is 4.13. The molecule has 0 aliphatic carbocycles. The van der Waals surface area contributed by atoms with E-state index in [2.05, 4.69) is 5.87 Å². The highest BCUT2D eigenvalue weighted by atomic mass is 32.2. The molecule has 0 saturated carbocycles. The molecule has 0 fully saturated rings. The molecule has 1 aromatic rings. The van der Waals surface area contributed by atoms with Gasteiger partial charge in [0.25, 0.3) is 0 Å². The van der Waals surface area contributed by atoms with Crippen molar-refractivity contribution in [3.05, 3.63) is 24.3 Å². The summed E-state index contributed by atoms with van der Waals surface area (Å²) in [5.41, 5.74) is 0. The van der Waals surface area contributed by atoms with Crippen LogP contribution >= 0.6 is 0 Å². The highest BCUT2D eigenvalue weighted by molar-refractivity contribution is 7.70. The van der Waals surface area contributed by atoms with E-state index >= 15 is 0 Å². The second-order valence-electron chi connectivity index (χ2n) is 1.82. The molecule has 0 aliphatic heterocycles. The van der Waals surface area contributed by atoms with Crippen molar-refractivity contribution < 1.29 is 18.6 Å². The lowest BCUT2D eigenvalue weighted by Gasteiger charge is -1.88. The van der Waals surface area contributed by atoms with E-state index in [1.54, 1.807) is 0 Å². The van der Waals surface area contributed by atoms with Gasteiger partial charge in [0.1, 0.15) is 11.5 Å². The molecule has 5 heteroatoms. The number of rotatable bonds is 0. The smallest absolute Gasteiger partial charge is 0.206 e. The largest absolute Gasteiger partial charge is 0.508 e. The fourth-order valence-electron chi connectivity index (χ4n) is 0.453. The van der Waals surface area contributed by atoms with Gasteiger partial charge >= 0.3 is 0 Å². The van der Waals surface area contributed by atoms with E-state index in [1.807, 2.05) is 0 Å². The third-order valence-corrected chi connectivity index (χ3v) is 0.850. The van der Waals surface area contributed by atoms with E-state index in [0.29, 0.717) is 0 Å². The predicted octanol–water partition coefficient (Wildman–Crippen LogP) is 0.395. The highest BCUT2D eigenvalue weighted by Gasteiger charge is 1.84. The molecular weight excluding hydrogens is 180 g/mol. The minimum absolute atomic E-state index is 0.169. The monoisotopic (exact) mass is 188 g/mol. The van der Waals surface area contributed by atoms with Crippen LogP contribution in [0.25, 0.3) is 0 Å². The molecule has 0 bridgehead atoms. The first kappa shape index (κ1) is 10.5. The zero-order valence-electron chi connectivity index (χ0n) is 6.14. The van der Waals surface area contributed by atoms with Crippen LogP contribution in [0.15, 0.2) is 24.3 Å². The molecule has 0 unspecified atom stereocenters. The lowest BCUT2D eigenvalue weighted by Crippen LogP contribution is -1.61. The molecule has 0 radical (unpaired) electrons. The average Bonchev–Trinajstić information content (AvgIpc) is 1.94. The van der Waals surface area contributed by atoms with Crippen LogP contribution in [-0.2, 0) is 10.3 Å². The molecule has 0 aromatic heterocycles. The van der Waals surface area contributed by atoms with Gasteiger partial charge in [0, 0.05) is 5.87 Å². The maximum atomic E-state index is 8.89. The minimum Gasteiger partial charge on any atom is -0.508 e. The molecule has 66 valence electrons. The van der Waals surface area contributed by atoms with Gasteiger partial charge in [0.05, 0.1) is 0 Å². The normalized spacial score (nSPS) is 8.00. The second kappa shape index (κ2) is 5.20. The van der Waals surface area contributed by atoms with Crippen molar-refractivity contribution in [1.29, 1.82) is 0 Å². The van der Waals surface area contributed by atoms with Gasteiger partial charge in [0.2, 0.25) is 10.3 Å². The molecule has 0 saturated heterocycles. The Hall–Kier alpha value is -1.49. The van der Waals surface area contributed by atoms with Crippen LogP contribution in [0.1, 0.15) is 0 Å². The molecule has 0 amide bonds. The minimum atomic E-state index is -2.11. The Morgan fingerprint density at radius 1 is 1.00 bits per heavy atom. The van der Waals surface area contributed by atoms with E-state index in [4.69, 9.17) is 18.6 Å². The average molecular weight is 188 g/mol. The Labute approximate surface area is 71.3 Å². The fourth-order valence-corrected chi connectivity index (χ4v) is 0.453. The number of hydrogen-bond donors (Lipinski definition) is 2. The number of hydrogen-bond acceptors (Lipinski definition) is 4. The first-order valence-electron chi connectivity index (χ1n) is 2.89. The van der Waals surface area contributed by atoms with Crippen molar-refractivity contribution in [1.82, 2.24) is 0 Å². The van der Waals surface area contributed by atoms with Gasteiger partial charge in [-0.05, 0) is 24.3 Å². The molecule has 0 spiro atoms. The Morgan fingerprint density at radius 2 is 1.17 bits per heavy atom. The maximum Gasteiger partial charge on any atom is 0.206 e. The van der Waals surface area contributed by atoms with Gasteiger partial charge in [-0.15, -0.1) is 0 Å². The highest BCUT2D eigenvalue weighted by Crippen LogP contribution is 2.13. The Bertz CT molecular complexity index is 295. The molecule has 4 nitrogen and oxygen atoms in total. The molecule has 2 N–H and O–H groups in total. The zero-order chi connectivity index (χ0) is 9.56. The van der Waals surface area contributed by atoms with E-state index in [9.17, 15) is 0 Å². The quantitative estimate of drug-likeness (QED) is 0.456. The van der Waals surface area contributed by atoms with Crippen molar-refractivity contribution in [3.63, 3.8) is 0 Å². The predicted molar refractivity (Wildman–Crippen MR) is 45.8 cm³/mol. The van der Waals surface area contributed by atoms with Gasteiger partial charge < -0.3 is 10.2 Å². The fraction of sp³-hybridized carbons (Fsp3) is 0. The molecule has 12 heavy (non-hydrogen) atoms. The summed E-state index contributed by atoms with van der Waals surface area (Å²) in [6.07, 6.45) is 0. The van der Waals surface area contributed by atoms with Crippen molar-refractivity contribution in [2.24, 2.45) is 0 Å². The standard InChI is InChI=1S/C6H6O2.CH2O2S/c7-5-1-2-6(8)4-3-5;1-4(2)3/h1-4,7-8H;1H2. The number of phenols is 2. The van der Waals surface area contributed by atoms with Crippen molar-refractivity contribution >= 4 is 16.2 Å². The summed E-state index contributed by atoms with van der Waals surface area (Å²) >= 11 is 0. The summed E-state index contributed by atoms with van der Waals surface area (Å²) in [5.74, 6) is 2.89. The van der Waals surface area contributed by atoms with Crippen molar-refractivity contribution in [2.75, 3.05) is 0 Å². The van der Waals surface area contributed by atoms with Gasteiger partial charge in [-0.25, -0.2) is 0 Å². The summed E-state index contributed by atoms with van der Waals surface area (Å²) in [6.45, 7) is 0. The van der Waals surface area contributed by atoms with Crippen molar-refractivity contribution in [3.8, 4) is 11.5 Å². The first-order chi connectivity index (χ1) is 5.52. The van der Waals surface area contributed by atoms with Gasteiger partial charge in [0.15, 0.2) is 0 Å². The number of phenolic OH excluding ortho intramolecular Hbond substituents is 2. The third kappa shape index (κ3) is 6.63. The van der Waals surface area contributed by atoms with E-state index in [-0.39, 0.29) is 11.5 Å². The molecule has 1 aromatic carbocycles. The number of benzene rings is 1. The topological polar surface area (TPSA) is 74.6 Å². The maximum absolute atomic E-state index is 8.89. The van der Waals surface area contributed by atoms with Crippen LogP contribution in [0.4, 0.5) is 0 Å². The Balaban J connectivity index is 0.000000261. The molecule has 1 rings (SSSR count). The van der Waals surface area contributed by atoms with E-state index < -0.39 is 10.3 Å². The summed E-state index contributed by atoms with van der Waals surface area (Å²) in [7, 11) is -2.11. The Kier molecular flexibility index (Phi) is 4.55. The van der Waals surface area contributed by atoms with E-state index in [0.717, 1.165) is 0 Å².